The van der Waals surface area contributed by atoms with Crippen molar-refractivity contribution < 1.29 is 0 Å². The SMILES string of the molecule is Clc1ccnc(I)c1. The van der Waals surface area contributed by atoms with Gasteiger partial charge in [0.2, 0.25) is 0 Å². The first-order valence-electron chi connectivity index (χ1n) is 2.06. The van der Waals surface area contributed by atoms with Gasteiger partial charge in [-0.25, -0.2) is 0 Å². The molecule has 1 rings (SSSR count). The van der Waals surface area contributed by atoms with Crippen LogP contribution in [-0.2, 0) is 0 Å². The molecule has 0 radical (unpaired) electrons. The van der Waals surface area contributed by atoms with E-state index in [2.05, 4.69) is 27.6 Å². The van der Waals surface area contributed by atoms with E-state index in [1.165, 1.54) is 0 Å². The summed E-state index contributed by atoms with van der Waals surface area (Å²) in [5.41, 5.74) is 0. The van der Waals surface area contributed by atoms with Gasteiger partial charge in [0, 0.05) is 11.2 Å². The summed E-state index contributed by atoms with van der Waals surface area (Å²) in [5.74, 6) is 0. The van der Waals surface area contributed by atoms with Crippen LogP contribution in [-0.4, -0.2) is 4.98 Å². The van der Waals surface area contributed by atoms with Crippen LogP contribution < -0.4 is 0 Å². The van der Waals surface area contributed by atoms with Crippen molar-refractivity contribution >= 4 is 34.2 Å². The summed E-state index contributed by atoms with van der Waals surface area (Å²) in [4.78, 5) is 3.94. The topological polar surface area (TPSA) is 12.9 Å². The average molecular weight is 239 g/mol. The fraction of sp³-hybridized carbons (Fsp3) is 0. The third-order valence-electron chi connectivity index (χ3n) is 0.689. The molecule has 0 saturated carbocycles. The zero-order chi connectivity index (χ0) is 5.98. The van der Waals surface area contributed by atoms with E-state index in [0.717, 1.165) is 8.72 Å². The number of aromatic nitrogens is 1. The van der Waals surface area contributed by atoms with E-state index in [9.17, 15) is 0 Å². The van der Waals surface area contributed by atoms with Crippen molar-refractivity contribution in [2.24, 2.45) is 0 Å². The molecular weight excluding hydrogens is 236 g/mol. The molecule has 1 heterocycles. The maximum Gasteiger partial charge on any atom is 0.102 e. The van der Waals surface area contributed by atoms with Crippen molar-refractivity contribution in [3.8, 4) is 0 Å². The van der Waals surface area contributed by atoms with Gasteiger partial charge in [0.25, 0.3) is 0 Å². The van der Waals surface area contributed by atoms with E-state index in [1.807, 2.05) is 6.07 Å². The minimum Gasteiger partial charge on any atom is -0.250 e. The van der Waals surface area contributed by atoms with E-state index in [1.54, 1.807) is 12.3 Å². The molecular formula is C5H3ClIN. The average Bonchev–Trinajstić information content (AvgIpc) is 1.64. The molecule has 0 unspecified atom stereocenters. The number of rotatable bonds is 0. The summed E-state index contributed by atoms with van der Waals surface area (Å²) in [6, 6.07) is 3.56. The van der Waals surface area contributed by atoms with Crippen LogP contribution in [0.1, 0.15) is 0 Å². The number of halogens is 2. The molecule has 0 atom stereocenters. The molecule has 0 aliphatic carbocycles. The second-order valence-corrected chi connectivity index (χ2v) is 2.84. The van der Waals surface area contributed by atoms with Crippen LogP contribution in [0.4, 0.5) is 0 Å². The Hall–Kier alpha value is 0.170. The van der Waals surface area contributed by atoms with Crippen molar-refractivity contribution in [3.05, 3.63) is 27.1 Å². The third kappa shape index (κ3) is 1.59. The Morgan fingerprint density at radius 1 is 1.62 bits per heavy atom. The van der Waals surface area contributed by atoms with E-state index in [0.29, 0.717) is 0 Å². The molecule has 0 aliphatic heterocycles. The van der Waals surface area contributed by atoms with Crippen LogP contribution in [0.25, 0.3) is 0 Å². The van der Waals surface area contributed by atoms with Gasteiger partial charge in [-0.2, -0.15) is 0 Å². The molecule has 0 fully saturated rings. The minimum absolute atomic E-state index is 0.740. The summed E-state index contributed by atoms with van der Waals surface area (Å²) in [6.07, 6.45) is 1.68. The standard InChI is InChI=1S/C5H3ClIN/c6-4-1-2-8-5(7)3-4/h1-3H. The first-order chi connectivity index (χ1) is 3.79. The molecule has 1 nitrogen and oxygen atoms in total. The smallest absolute Gasteiger partial charge is 0.102 e. The summed E-state index contributed by atoms with van der Waals surface area (Å²) < 4.78 is 0.926. The van der Waals surface area contributed by atoms with Crippen molar-refractivity contribution in [1.29, 1.82) is 0 Å². The lowest BCUT2D eigenvalue weighted by molar-refractivity contribution is 1.27. The highest BCUT2D eigenvalue weighted by Crippen LogP contribution is 2.08. The summed E-state index contributed by atoms with van der Waals surface area (Å²) in [6.45, 7) is 0. The number of pyridine rings is 1. The fourth-order valence-corrected chi connectivity index (χ4v) is 1.22. The number of hydrogen-bond donors (Lipinski definition) is 0. The van der Waals surface area contributed by atoms with Crippen LogP contribution in [0.5, 0.6) is 0 Å². The first-order valence-corrected chi connectivity index (χ1v) is 3.52. The molecule has 0 aromatic carbocycles. The Morgan fingerprint density at radius 2 is 2.38 bits per heavy atom. The normalized spacial score (nSPS) is 9.25. The largest absolute Gasteiger partial charge is 0.250 e. The second kappa shape index (κ2) is 2.64. The molecule has 0 aliphatic rings. The quantitative estimate of drug-likeness (QED) is 0.500. The monoisotopic (exact) mass is 239 g/mol. The van der Waals surface area contributed by atoms with E-state index in [-0.39, 0.29) is 0 Å². The lowest BCUT2D eigenvalue weighted by atomic mass is 10.5. The van der Waals surface area contributed by atoms with Crippen LogP contribution in [0, 0.1) is 3.70 Å². The Labute approximate surface area is 66.2 Å². The minimum atomic E-state index is 0.740. The molecule has 0 saturated heterocycles. The van der Waals surface area contributed by atoms with Crippen LogP contribution in [0.3, 0.4) is 0 Å². The van der Waals surface area contributed by atoms with Gasteiger partial charge in [-0.3, -0.25) is 4.98 Å². The van der Waals surface area contributed by atoms with Gasteiger partial charge in [0.05, 0.1) is 0 Å². The van der Waals surface area contributed by atoms with E-state index < -0.39 is 0 Å². The molecule has 42 valence electrons. The van der Waals surface area contributed by atoms with Gasteiger partial charge in [-0.15, -0.1) is 0 Å². The zero-order valence-electron chi connectivity index (χ0n) is 3.94. The lowest BCUT2D eigenvalue weighted by Gasteiger charge is -1.86. The molecule has 0 amide bonds. The van der Waals surface area contributed by atoms with Crippen molar-refractivity contribution in [1.82, 2.24) is 4.98 Å². The van der Waals surface area contributed by atoms with Gasteiger partial charge in [0.1, 0.15) is 3.70 Å². The zero-order valence-corrected chi connectivity index (χ0v) is 6.85. The van der Waals surface area contributed by atoms with Crippen LogP contribution >= 0.6 is 34.2 Å². The first kappa shape index (κ1) is 6.29. The van der Waals surface area contributed by atoms with Crippen molar-refractivity contribution in [3.63, 3.8) is 0 Å². The Kier molecular flexibility index (Phi) is 2.08. The maximum absolute atomic E-state index is 5.60. The highest BCUT2D eigenvalue weighted by atomic mass is 127. The molecule has 0 N–H and O–H groups in total. The number of nitrogens with zero attached hydrogens (tertiary/aromatic N) is 1. The molecule has 8 heavy (non-hydrogen) atoms. The van der Waals surface area contributed by atoms with Crippen molar-refractivity contribution in [2.75, 3.05) is 0 Å². The highest BCUT2D eigenvalue weighted by Gasteiger charge is 1.85. The summed E-state index contributed by atoms with van der Waals surface area (Å²) in [7, 11) is 0. The van der Waals surface area contributed by atoms with E-state index >= 15 is 0 Å². The second-order valence-electron chi connectivity index (χ2n) is 1.30. The predicted molar refractivity (Wildman–Crippen MR) is 42.0 cm³/mol. The fourth-order valence-electron chi connectivity index (χ4n) is 0.379. The van der Waals surface area contributed by atoms with Gasteiger partial charge in [-0.05, 0) is 34.7 Å². The summed E-state index contributed by atoms with van der Waals surface area (Å²) >= 11 is 7.71. The Bertz CT molecular complexity index is 172. The Balaban J connectivity index is 3.08. The van der Waals surface area contributed by atoms with Crippen LogP contribution in [0.2, 0.25) is 5.02 Å². The van der Waals surface area contributed by atoms with Crippen molar-refractivity contribution in [2.45, 2.75) is 0 Å². The molecule has 1 aromatic rings. The van der Waals surface area contributed by atoms with Gasteiger partial charge >= 0.3 is 0 Å². The molecule has 0 bridgehead atoms. The Morgan fingerprint density at radius 3 is 2.75 bits per heavy atom. The maximum atomic E-state index is 5.60. The summed E-state index contributed by atoms with van der Waals surface area (Å²) in [5, 5.41) is 0.740. The van der Waals surface area contributed by atoms with E-state index in [4.69, 9.17) is 11.6 Å². The lowest BCUT2D eigenvalue weighted by Crippen LogP contribution is -1.74. The van der Waals surface area contributed by atoms with Gasteiger partial charge < -0.3 is 0 Å². The molecule has 3 heteroatoms. The predicted octanol–water partition coefficient (Wildman–Crippen LogP) is 2.34. The van der Waals surface area contributed by atoms with Gasteiger partial charge in [-0.1, -0.05) is 11.6 Å². The molecule has 0 spiro atoms. The third-order valence-corrected chi connectivity index (χ3v) is 1.51. The van der Waals surface area contributed by atoms with Gasteiger partial charge in [0.15, 0.2) is 0 Å². The number of hydrogen-bond acceptors (Lipinski definition) is 1. The molecule has 1 aromatic heterocycles. The van der Waals surface area contributed by atoms with Crippen LogP contribution in [0.15, 0.2) is 18.3 Å². The highest BCUT2D eigenvalue weighted by molar-refractivity contribution is 14.1.